The van der Waals surface area contributed by atoms with Crippen LogP contribution in [0.15, 0.2) is 54.1 Å². The molecule has 0 bridgehead atoms. The summed E-state index contributed by atoms with van der Waals surface area (Å²) in [5.74, 6) is 2.67. The quantitative estimate of drug-likeness (QED) is 0.854. The summed E-state index contributed by atoms with van der Waals surface area (Å²) in [6.07, 6.45) is 10.6. The first-order chi connectivity index (χ1) is 13.7. The number of rotatable bonds is 5. The van der Waals surface area contributed by atoms with Crippen molar-refractivity contribution in [1.82, 2.24) is 20.1 Å². The van der Waals surface area contributed by atoms with E-state index >= 15 is 0 Å². The SMILES string of the molecule is C=C1C(=NCC2CC2)NC=CN1/C(=C\C)c1ccc(N2CCN(C)CC2)nc1. The van der Waals surface area contributed by atoms with Crippen LogP contribution in [0.1, 0.15) is 25.3 Å². The third kappa shape index (κ3) is 4.12. The number of hydrogen-bond donors (Lipinski definition) is 1. The van der Waals surface area contributed by atoms with Gasteiger partial charge >= 0.3 is 0 Å². The standard InChI is InChI=1S/C22H30N6/c1-4-20(28-10-9-23-22(17(28)2)25-15-18-5-6-18)19-7-8-21(24-16-19)27-13-11-26(3)12-14-27/h4,7-10,16,18H,2,5-6,11-15H2,1,3H3,(H,23,25)/b20-4-. The number of amidine groups is 1. The van der Waals surface area contributed by atoms with Gasteiger partial charge in [-0.15, -0.1) is 0 Å². The minimum Gasteiger partial charge on any atom is -0.354 e. The van der Waals surface area contributed by atoms with Crippen LogP contribution in [0.2, 0.25) is 0 Å². The molecule has 1 aliphatic carbocycles. The van der Waals surface area contributed by atoms with Crippen molar-refractivity contribution in [3.05, 3.63) is 54.6 Å². The molecule has 1 N–H and O–H groups in total. The number of nitrogens with one attached hydrogen (secondary N) is 1. The molecule has 3 aliphatic rings. The first kappa shape index (κ1) is 18.7. The van der Waals surface area contributed by atoms with Crippen molar-refractivity contribution >= 4 is 17.4 Å². The number of aliphatic imine (C=N–C) groups is 1. The summed E-state index contributed by atoms with van der Waals surface area (Å²) in [5, 5.41) is 3.24. The molecule has 6 nitrogen and oxygen atoms in total. The molecule has 2 aliphatic heterocycles. The lowest BCUT2D eigenvalue weighted by atomic mass is 10.1. The van der Waals surface area contributed by atoms with E-state index in [-0.39, 0.29) is 0 Å². The molecular weight excluding hydrogens is 348 g/mol. The lowest BCUT2D eigenvalue weighted by Crippen LogP contribution is -2.44. The van der Waals surface area contributed by atoms with Gasteiger partial charge in [0, 0.05) is 56.9 Å². The summed E-state index contributed by atoms with van der Waals surface area (Å²) >= 11 is 0. The average Bonchev–Trinajstić information content (AvgIpc) is 3.55. The minimum absolute atomic E-state index is 0.758. The van der Waals surface area contributed by atoms with Crippen LogP contribution in [-0.4, -0.2) is 60.4 Å². The lowest BCUT2D eigenvalue weighted by Gasteiger charge is -2.33. The lowest BCUT2D eigenvalue weighted by molar-refractivity contribution is 0.312. The second-order valence-corrected chi connectivity index (χ2v) is 7.78. The van der Waals surface area contributed by atoms with Crippen molar-refractivity contribution in [3.63, 3.8) is 0 Å². The Morgan fingerprint density at radius 2 is 2.07 bits per heavy atom. The second-order valence-electron chi connectivity index (χ2n) is 7.78. The van der Waals surface area contributed by atoms with Gasteiger partial charge in [0.05, 0.1) is 11.4 Å². The van der Waals surface area contributed by atoms with E-state index in [4.69, 9.17) is 9.98 Å². The van der Waals surface area contributed by atoms with Gasteiger partial charge in [0.1, 0.15) is 11.7 Å². The molecular formula is C22H30N6. The van der Waals surface area contributed by atoms with Crippen molar-refractivity contribution in [3.8, 4) is 0 Å². The molecule has 0 radical (unpaired) electrons. The molecule has 6 heteroatoms. The van der Waals surface area contributed by atoms with Gasteiger partial charge < -0.3 is 20.0 Å². The zero-order chi connectivity index (χ0) is 19.5. The van der Waals surface area contributed by atoms with Crippen LogP contribution >= 0.6 is 0 Å². The molecule has 1 saturated heterocycles. The number of anilines is 1. The van der Waals surface area contributed by atoms with Gasteiger partial charge in [0.2, 0.25) is 0 Å². The number of piperazine rings is 1. The van der Waals surface area contributed by atoms with Crippen molar-refractivity contribution < 1.29 is 0 Å². The molecule has 148 valence electrons. The van der Waals surface area contributed by atoms with E-state index in [2.05, 4.69) is 51.9 Å². The Bertz CT molecular complexity index is 795. The fourth-order valence-corrected chi connectivity index (χ4v) is 3.57. The van der Waals surface area contributed by atoms with Crippen LogP contribution < -0.4 is 10.2 Å². The first-order valence-electron chi connectivity index (χ1n) is 10.2. The molecule has 1 aromatic heterocycles. The summed E-state index contributed by atoms with van der Waals surface area (Å²) in [5.41, 5.74) is 3.02. The second kappa shape index (κ2) is 8.19. The van der Waals surface area contributed by atoms with Gasteiger partial charge in [-0.25, -0.2) is 4.98 Å². The summed E-state index contributed by atoms with van der Waals surface area (Å²) in [6, 6.07) is 4.28. The zero-order valence-corrected chi connectivity index (χ0v) is 16.9. The Kier molecular flexibility index (Phi) is 5.48. The Balaban J connectivity index is 1.49. The fourth-order valence-electron chi connectivity index (χ4n) is 3.57. The third-order valence-electron chi connectivity index (χ3n) is 5.62. The summed E-state index contributed by atoms with van der Waals surface area (Å²) in [6.45, 7) is 11.4. The molecule has 2 fully saturated rings. The molecule has 0 amide bonds. The topological polar surface area (TPSA) is 47.0 Å². The maximum Gasteiger partial charge on any atom is 0.149 e. The zero-order valence-electron chi connectivity index (χ0n) is 16.9. The maximum atomic E-state index is 4.74. The Labute approximate surface area is 167 Å². The normalized spacial score (nSPS) is 22.7. The summed E-state index contributed by atoms with van der Waals surface area (Å²) in [7, 11) is 2.17. The number of likely N-dealkylation sites (N-methyl/N-ethyl adjacent to an activating group) is 1. The van der Waals surface area contributed by atoms with E-state index in [0.717, 1.165) is 67.3 Å². The van der Waals surface area contributed by atoms with E-state index in [1.54, 1.807) is 0 Å². The average molecular weight is 379 g/mol. The van der Waals surface area contributed by atoms with Crippen LogP contribution in [0.4, 0.5) is 5.82 Å². The maximum absolute atomic E-state index is 4.74. The number of allylic oxidation sites excluding steroid dienone is 1. The molecule has 0 atom stereocenters. The molecule has 0 aromatic carbocycles. The Hall–Kier alpha value is -2.60. The molecule has 0 unspecified atom stereocenters. The Morgan fingerprint density at radius 3 is 2.71 bits per heavy atom. The van der Waals surface area contributed by atoms with Crippen LogP contribution in [-0.2, 0) is 0 Å². The molecule has 1 aromatic rings. The molecule has 0 spiro atoms. The minimum atomic E-state index is 0.758. The van der Waals surface area contributed by atoms with E-state index < -0.39 is 0 Å². The summed E-state index contributed by atoms with van der Waals surface area (Å²) in [4.78, 5) is 16.3. The van der Waals surface area contributed by atoms with E-state index in [0.29, 0.717) is 0 Å². The summed E-state index contributed by atoms with van der Waals surface area (Å²) < 4.78 is 0. The van der Waals surface area contributed by atoms with E-state index in [9.17, 15) is 0 Å². The van der Waals surface area contributed by atoms with E-state index in [1.807, 2.05) is 25.5 Å². The van der Waals surface area contributed by atoms with Gasteiger partial charge in [0.25, 0.3) is 0 Å². The van der Waals surface area contributed by atoms with Crippen molar-refractivity contribution in [1.29, 1.82) is 0 Å². The van der Waals surface area contributed by atoms with Gasteiger partial charge in [-0.1, -0.05) is 12.7 Å². The largest absolute Gasteiger partial charge is 0.354 e. The number of aromatic nitrogens is 1. The van der Waals surface area contributed by atoms with Crippen LogP contribution in [0.25, 0.3) is 5.70 Å². The van der Waals surface area contributed by atoms with Crippen LogP contribution in [0, 0.1) is 5.92 Å². The van der Waals surface area contributed by atoms with Crippen molar-refractivity contribution in [2.45, 2.75) is 19.8 Å². The highest BCUT2D eigenvalue weighted by Crippen LogP contribution is 2.30. The number of nitrogens with zero attached hydrogens (tertiary/aromatic N) is 5. The van der Waals surface area contributed by atoms with Crippen LogP contribution in [0.5, 0.6) is 0 Å². The van der Waals surface area contributed by atoms with Crippen LogP contribution in [0.3, 0.4) is 0 Å². The molecule has 1 saturated carbocycles. The highest BCUT2D eigenvalue weighted by molar-refractivity contribution is 6.00. The Morgan fingerprint density at radius 1 is 1.29 bits per heavy atom. The first-order valence-corrected chi connectivity index (χ1v) is 10.2. The van der Waals surface area contributed by atoms with Gasteiger partial charge in [-0.2, -0.15) is 0 Å². The monoisotopic (exact) mass is 378 g/mol. The predicted molar refractivity (Wildman–Crippen MR) is 116 cm³/mol. The third-order valence-corrected chi connectivity index (χ3v) is 5.62. The van der Waals surface area contributed by atoms with Gasteiger partial charge in [-0.3, -0.25) is 4.99 Å². The smallest absolute Gasteiger partial charge is 0.149 e. The highest BCUT2D eigenvalue weighted by atomic mass is 15.3. The number of hydrogen-bond acceptors (Lipinski definition) is 5. The predicted octanol–water partition coefficient (Wildman–Crippen LogP) is 2.89. The highest BCUT2D eigenvalue weighted by Gasteiger charge is 2.23. The molecule has 4 rings (SSSR count). The molecule has 28 heavy (non-hydrogen) atoms. The van der Waals surface area contributed by atoms with E-state index in [1.165, 1.54) is 12.8 Å². The van der Waals surface area contributed by atoms with Crippen molar-refractivity contribution in [2.24, 2.45) is 10.9 Å². The van der Waals surface area contributed by atoms with Gasteiger partial charge in [0.15, 0.2) is 0 Å². The van der Waals surface area contributed by atoms with Crippen molar-refractivity contribution in [2.75, 3.05) is 44.7 Å². The molecule has 3 heterocycles. The van der Waals surface area contributed by atoms with Gasteiger partial charge in [-0.05, 0) is 44.9 Å². The number of pyridine rings is 1. The fraction of sp³-hybridized carbons (Fsp3) is 0.455.